The smallest absolute Gasteiger partial charge is 0.342 e. The number of pyridine rings is 1. The first-order chi connectivity index (χ1) is 16.2. The lowest BCUT2D eigenvalue weighted by Gasteiger charge is -2.15. The van der Waals surface area contributed by atoms with Crippen LogP contribution < -0.4 is 14.2 Å². The van der Waals surface area contributed by atoms with Crippen molar-refractivity contribution in [3.05, 3.63) is 90.3 Å². The minimum Gasteiger partial charge on any atom is -0.481 e. The van der Waals surface area contributed by atoms with Crippen LogP contribution in [0.25, 0.3) is 11.1 Å². The van der Waals surface area contributed by atoms with Crippen molar-refractivity contribution in [2.24, 2.45) is 0 Å². The largest absolute Gasteiger partial charge is 0.481 e. The molecule has 0 bridgehead atoms. The summed E-state index contributed by atoms with van der Waals surface area (Å²) in [5.74, 6) is 0.208. The second-order valence-corrected chi connectivity index (χ2v) is 6.81. The minimum absolute atomic E-state index is 0.0322. The fourth-order valence-corrected chi connectivity index (χ4v) is 3.13. The normalized spacial score (nSPS) is 10.4. The lowest BCUT2D eigenvalue weighted by Crippen LogP contribution is -2.09. The highest BCUT2D eigenvalue weighted by Gasteiger charge is 2.22. The molecule has 0 aliphatic carbocycles. The third-order valence-electron chi connectivity index (χ3n) is 4.71. The van der Waals surface area contributed by atoms with Gasteiger partial charge >= 0.3 is 12.0 Å². The van der Waals surface area contributed by atoms with Gasteiger partial charge in [0.1, 0.15) is 17.9 Å². The Labute approximate surface area is 190 Å². The van der Waals surface area contributed by atoms with E-state index in [-0.39, 0.29) is 35.7 Å². The van der Waals surface area contributed by atoms with E-state index in [1.807, 2.05) is 36.4 Å². The Kier molecular flexibility index (Phi) is 6.75. The average Bonchev–Trinajstić information content (AvgIpc) is 2.88. The predicted octanol–water partition coefficient (Wildman–Crippen LogP) is 4.71. The summed E-state index contributed by atoms with van der Waals surface area (Å²) < 4.78 is 21.9. The molecule has 0 aliphatic heterocycles. The molecule has 0 aliphatic rings. The molecule has 2 aromatic heterocycles. The fraction of sp³-hybridized carbons (Fsp3) is 0.120. The molecule has 0 atom stereocenters. The van der Waals surface area contributed by atoms with Gasteiger partial charge in [-0.05, 0) is 29.3 Å². The summed E-state index contributed by atoms with van der Waals surface area (Å²) in [6, 6.07) is 19.8. The summed E-state index contributed by atoms with van der Waals surface area (Å²) in [5.41, 5.74) is 2.52. The van der Waals surface area contributed by atoms with Gasteiger partial charge in [0.05, 0.1) is 20.3 Å². The zero-order chi connectivity index (χ0) is 23.0. The van der Waals surface area contributed by atoms with Gasteiger partial charge in [0.25, 0.3) is 0 Å². The van der Waals surface area contributed by atoms with E-state index in [0.717, 1.165) is 11.1 Å². The van der Waals surface area contributed by atoms with Gasteiger partial charge in [0.15, 0.2) is 0 Å². The van der Waals surface area contributed by atoms with Crippen molar-refractivity contribution in [3.8, 4) is 34.6 Å². The summed E-state index contributed by atoms with van der Waals surface area (Å²) in [4.78, 5) is 25.7. The molecule has 0 saturated heterocycles. The van der Waals surface area contributed by atoms with E-state index >= 15 is 0 Å². The predicted molar refractivity (Wildman–Crippen MR) is 120 cm³/mol. The Morgan fingerprint density at radius 2 is 1.55 bits per heavy atom. The van der Waals surface area contributed by atoms with Crippen molar-refractivity contribution in [3.63, 3.8) is 0 Å². The van der Waals surface area contributed by atoms with Crippen molar-refractivity contribution in [1.82, 2.24) is 15.0 Å². The number of rotatable bonds is 8. The third-order valence-corrected chi connectivity index (χ3v) is 4.71. The standard InChI is InChI=1S/C25H21N3O5/c1-30-21-15-22(31-2)28-25(27-21)33-20-10-6-9-19(18-11-13-26-14-12-18)23(20)24(29)32-16-17-7-4-3-5-8-17/h3-15H,16H2,1-2H3. The number of carbonyl (C=O) groups is 1. The quantitative estimate of drug-likeness (QED) is 0.362. The van der Waals surface area contributed by atoms with Gasteiger partial charge in [0, 0.05) is 18.0 Å². The molecule has 0 saturated carbocycles. The number of hydrogen-bond donors (Lipinski definition) is 0. The van der Waals surface area contributed by atoms with Crippen molar-refractivity contribution >= 4 is 5.97 Å². The summed E-state index contributed by atoms with van der Waals surface area (Å²) in [6.45, 7) is 0.118. The maximum atomic E-state index is 13.3. The molecule has 0 amide bonds. The van der Waals surface area contributed by atoms with Crippen LogP contribution in [-0.2, 0) is 11.3 Å². The van der Waals surface area contributed by atoms with E-state index in [1.54, 1.807) is 36.7 Å². The highest BCUT2D eigenvalue weighted by atomic mass is 16.5. The van der Waals surface area contributed by atoms with Gasteiger partial charge in [-0.2, -0.15) is 9.97 Å². The van der Waals surface area contributed by atoms with Gasteiger partial charge in [-0.1, -0.05) is 42.5 Å². The second kappa shape index (κ2) is 10.2. The minimum atomic E-state index is -0.545. The summed E-state index contributed by atoms with van der Waals surface area (Å²) in [7, 11) is 2.95. The summed E-state index contributed by atoms with van der Waals surface area (Å²) in [5, 5.41) is 0. The van der Waals surface area contributed by atoms with Crippen LogP contribution in [0.5, 0.6) is 23.5 Å². The lowest BCUT2D eigenvalue weighted by molar-refractivity contribution is 0.0470. The number of benzene rings is 2. The molecule has 2 heterocycles. The monoisotopic (exact) mass is 443 g/mol. The SMILES string of the molecule is COc1cc(OC)nc(Oc2cccc(-c3ccncc3)c2C(=O)OCc2ccccc2)n1. The molecule has 8 heteroatoms. The maximum absolute atomic E-state index is 13.3. The molecule has 33 heavy (non-hydrogen) atoms. The highest BCUT2D eigenvalue weighted by molar-refractivity contribution is 6.00. The molecule has 0 spiro atoms. The van der Waals surface area contributed by atoms with Crippen molar-refractivity contribution < 1.29 is 23.7 Å². The van der Waals surface area contributed by atoms with E-state index in [4.69, 9.17) is 18.9 Å². The van der Waals surface area contributed by atoms with Gasteiger partial charge < -0.3 is 18.9 Å². The molecule has 0 radical (unpaired) electrons. The fourth-order valence-electron chi connectivity index (χ4n) is 3.13. The zero-order valence-corrected chi connectivity index (χ0v) is 18.1. The van der Waals surface area contributed by atoms with Crippen LogP contribution >= 0.6 is 0 Å². The lowest BCUT2D eigenvalue weighted by atomic mass is 10.00. The van der Waals surface area contributed by atoms with Gasteiger partial charge in [-0.25, -0.2) is 4.79 Å². The summed E-state index contributed by atoms with van der Waals surface area (Å²) >= 11 is 0. The number of esters is 1. The molecule has 0 fully saturated rings. The number of methoxy groups -OCH3 is 2. The zero-order valence-electron chi connectivity index (χ0n) is 18.1. The van der Waals surface area contributed by atoms with E-state index in [0.29, 0.717) is 5.56 Å². The van der Waals surface area contributed by atoms with Crippen molar-refractivity contribution in [2.75, 3.05) is 14.2 Å². The Morgan fingerprint density at radius 3 is 2.21 bits per heavy atom. The third kappa shape index (κ3) is 5.24. The second-order valence-electron chi connectivity index (χ2n) is 6.81. The van der Waals surface area contributed by atoms with Gasteiger partial charge in [-0.15, -0.1) is 0 Å². The molecular weight excluding hydrogens is 422 g/mol. The van der Waals surface area contributed by atoms with Crippen LogP contribution in [0, 0.1) is 0 Å². The molecule has 0 N–H and O–H groups in total. The Balaban J connectivity index is 1.73. The molecule has 0 unspecified atom stereocenters. The Morgan fingerprint density at radius 1 is 0.848 bits per heavy atom. The van der Waals surface area contributed by atoms with Crippen LogP contribution in [0.4, 0.5) is 0 Å². The molecule has 4 rings (SSSR count). The van der Waals surface area contributed by atoms with Crippen LogP contribution in [0.1, 0.15) is 15.9 Å². The van der Waals surface area contributed by atoms with Crippen LogP contribution in [0.2, 0.25) is 0 Å². The molecular formula is C25H21N3O5. The first-order valence-electron chi connectivity index (χ1n) is 10.1. The first-order valence-corrected chi connectivity index (χ1v) is 10.1. The van der Waals surface area contributed by atoms with Crippen molar-refractivity contribution in [1.29, 1.82) is 0 Å². The van der Waals surface area contributed by atoms with E-state index < -0.39 is 5.97 Å². The van der Waals surface area contributed by atoms with Crippen LogP contribution in [0.3, 0.4) is 0 Å². The van der Waals surface area contributed by atoms with E-state index in [9.17, 15) is 4.79 Å². The highest BCUT2D eigenvalue weighted by Crippen LogP contribution is 2.34. The Hall–Kier alpha value is -4.46. The average molecular weight is 443 g/mol. The van der Waals surface area contributed by atoms with Crippen LogP contribution in [0.15, 0.2) is 79.1 Å². The van der Waals surface area contributed by atoms with E-state index in [2.05, 4.69) is 15.0 Å². The first kappa shape index (κ1) is 21.8. The summed E-state index contributed by atoms with van der Waals surface area (Å²) in [6.07, 6.45) is 3.30. The maximum Gasteiger partial charge on any atom is 0.342 e. The number of aromatic nitrogens is 3. The van der Waals surface area contributed by atoms with Gasteiger partial charge in [0.2, 0.25) is 11.8 Å². The molecule has 166 valence electrons. The number of ether oxygens (including phenoxy) is 4. The molecule has 8 nitrogen and oxygen atoms in total. The number of carbonyl (C=O) groups excluding carboxylic acids is 1. The topological polar surface area (TPSA) is 92.7 Å². The van der Waals surface area contributed by atoms with E-state index in [1.165, 1.54) is 20.3 Å². The van der Waals surface area contributed by atoms with Crippen molar-refractivity contribution in [2.45, 2.75) is 6.61 Å². The number of hydrogen-bond acceptors (Lipinski definition) is 8. The molecule has 4 aromatic rings. The van der Waals surface area contributed by atoms with Gasteiger partial charge in [-0.3, -0.25) is 4.98 Å². The molecule has 2 aromatic carbocycles. The Bertz CT molecular complexity index is 1210. The number of nitrogens with zero attached hydrogens (tertiary/aromatic N) is 3. The van der Waals surface area contributed by atoms with Crippen LogP contribution in [-0.4, -0.2) is 35.1 Å².